The molecular weight excluding hydrogens is 248 g/mol. The average molecular weight is 282 g/mol. The molecule has 1 saturated heterocycles. The molecule has 1 fully saturated rings. The number of carbonyl (C=O) groups excluding carboxylic acids is 1. The fourth-order valence-electron chi connectivity index (χ4n) is 3.04. The third-order valence-corrected chi connectivity index (χ3v) is 4.36. The van der Waals surface area contributed by atoms with Crippen molar-refractivity contribution in [2.24, 2.45) is 5.92 Å². The Morgan fingerprint density at radius 2 is 1.75 bits per heavy atom. The van der Waals surface area contributed by atoms with E-state index in [1.54, 1.807) is 0 Å². The number of amides is 1. The summed E-state index contributed by atoms with van der Waals surface area (Å²) in [4.78, 5) is 12.2. The van der Waals surface area contributed by atoms with Crippen molar-refractivity contribution in [2.75, 3.05) is 13.1 Å². The molecule has 118 valence electrons. The molecule has 1 heterocycles. The zero-order chi connectivity index (χ0) is 14.6. The van der Waals surface area contributed by atoms with Crippen molar-refractivity contribution >= 4 is 5.91 Å². The zero-order valence-corrected chi connectivity index (χ0v) is 13.5. The SMILES string of the molecule is CCCCCC(CCCC)CC(=O)NC1CCNCC1. The molecule has 0 radical (unpaired) electrons. The van der Waals surface area contributed by atoms with Gasteiger partial charge < -0.3 is 10.6 Å². The molecule has 0 aromatic rings. The second-order valence-electron chi connectivity index (χ2n) is 6.30. The van der Waals surface area contributed by atoms with Crippen molar-refractivity contribution < 1.29 is 4.79 Å². The first-order valence-corrected chi connectivity index (χ1v) is 8.76. The molecule has 2 N–H and O–H groups in total. The Balaban J connectivity index is 2.27. The number of hydrogen-bond acceptors (Lipinski definition) is 2. The Morgan fingerprint density at radius 1 is 1.10 bits per heavy atom. The normalized spacial score (nSPS) is 17.9. The minimum atomic E-state index is 0.287. The predicted molar refractivity (Wildman–Crippen MR) is 85.8 cm³/mol. The lowest BCUT2D eigenvalue weighted by Crippen LogP contribution is -2.43. The summed E-state index contributed by atoms with van der Waals surface area (Å²) >= 11 is 0. The molecule has 1 atom stereocenters. The molecule has 1 rings (SSSR count). The molecule has 0 aliphatic carbocycles. The van der Waals surface area contributed by atoms with Gasteiger partial charge in [0.25, 0.3) is 0 Å². The lowest BCUT2D eigenvalue weighted by atomic mass is 9.92. The number of hydrogen-bond donors (Lipinski definition) is 2. The van der Waals surface area contributed by atoms with Crippen LogP contribution in [0.1, 0.15) is 78.1 Å². The van der Waals surface area contributed by atoms with Crippen LogP contribution in [-0.4, -0.2) is 25.0 Å². The van der Waals surface area contributed by atoms with Gasteiger partial charge in [0, 0.05) is 12.5 Å². The van der Waals surface area contributed by atoms with Gasteiger partial charge in [-0.15, -0.1) is 0 Å². The molecule has 1 aliphatic rings. The van der Waals surface area contributed by atoms with Crippen LogP contribution in [-0.2, 0) is 4.79 Å². The molecule has 3 nitrogen and oxygen atoms in total. The van der Waals surface area contributed by atoms with Crippen LogP contribution in [0.5, 0.6) is 0 Å². The molecule has 0 aromatic heterocycles. The Bertz CT molecular complexity index is 249. The number of carbonyl (C=O) groups is 1. The molecule has 1 amide bonds. The summed E-state index contributed by atoms with van der Waals surface area (Å²) in [5.74, 6) is 0.887. The van der Waals surface area contributed by atoms with Crippen LogP contribution in [0.25, 0.3) is 0 Å². The maximum absolute atomic E-state index is 12.2. The van der Waals surface area contributed by atoms with Crippen molar-refractivity contribution in [1.82, 2.24) is 10.6 Å². The second-order valence-corrected chi connectivity index (χ2v) is 6.30. The lowest BCUT2D eigenvalue weighted by Gasteiger charge is -2.25. The van der Waals surface area contributed by atoms with Crippen molar-refractivity contribution in [3.8, 4) is 0 Å². The summed E-state index contributed by atoms with van der Waals surface area (Å²) in [7, 11) is 0. The Labute approximate surface area is 125 Å². The average Bonchev–Trinajstić information content (AvgIpc) is 2.45. The van der Waals surface area contributed by atoms with E-state index in [4.69, 9.17) is 0 Å². The summed E-state index contributed by atoms with van der Waals surface area (Å²) in [6.45, 7) is 6.56. The van der Waals surface area contributed by atoms with Crippen molar-refractivity contribution in [3.05, 3.63) is 0 Å². The molecule has 0 spiro atoms. The van der Waals surface area contributed by atoms with Crippen LogP contribution in [0.4, 0.5) is 0 Å². The highest BCUT2D eigenvalue weighted by atomic mass is 16.1. The molecule has 0 saturated carbocycles. The van der Waals surface area contributed by atoms with Crippen molar-refractivity contribution in [2.45, 2.75) is 84.1 Å². The standard InChI is InChI=1S/C17H34N2O/c1-3-5-7-9-15(8-6-4-2)14-17(20)19-16-10-12-18-13-11-16/h15-16,18H,3-14H2,1-2H3,(H,19,20). The smallest absolute Gasteiger partial charge is 0.220 e. The first-order valence-electron chi connectivity index (χ1n) is 8.76. The largest absolute Gasteiger partial charge is 0.353 e. The van der Waals surface area contributed by atoms with Crippen LogP contribution in [0.3, 0.4) is 0 Å². The van der Waals surface area contributed by atoms with Crippen molar-refractivity contribution in [3.63, 3.8) is 0 Å². The van der Waals surface area contributed by atoms with Gasteiger partial charge in [-0.25, -0.2) is 0 Å². The zero-order valence-electron chi connectivity index (χ0n) is 13.5. The van der Waals surface area contributed by atoms with E-state index in [-0.39, 0.29) is 5.91 Å². The van der Waals surface area contributed by atoms with Crippen LogP contribution in [0.15, 0.2) is 0 Å². The van der Waals surface area contributed by atoms with Gasteiger partial charge in [0.1, 0.15) is 0 Å². The van der Waals surface area contributed by atoms with E-state index in [9.17, 15) is 4.79 Å². The predicted octanol–water partition coefficient (Wildman–Crippen LogP) is 3.63. The van der Waals surface area contributed by atoms with E-state index in [0.29, 0.717) is 12.0 Å². The van der Waals surface area contributed by atoms with Crippen LogP contribution in [0, 0.1) is 5.92 Å². The third kappa shape index (κ3) is 7.88. The minimum absolute atomic E-state index is 0.287. The fraction of sp³-hybridized carbons (Fsp3) is 0.941. The first kappa shape index (κ1) is 17.5. The van der Waals surface area contributed by atoms with Crippen LogP contribution in [0.2, 0.25) is 0 Å². The third-order valence-electron chi connectivity index (χ3n) is 4.36. The van der Waals surface area contributed by atoms with Gasteiger partial charge in [0.2, 0.25) is 5.91 Å². The van der Waals surface area contributed by atoms with Crippen molar-refractivity contribution in [1.29, 1.82) is 0 Å². The van der Waals surface area contributed by atoms with Gasteiger partial charge >= 0.3 is 0 Å². The van der Waals surface area contributed by atoms with Gasteiger partial charge in [0.15, 0.2) is 0 Å². The molecular formula is C17H34N2O. The quantitative estimate of drug-likeness (QED) is 0.601. The maximum atomic E-state index is 12.2. The number of nitrogens with one attached hydrogen (secondary N) is 2. The van der Waals surface area contributed by atoms with E-state index in [1.165, 1.54) is 44.9 Å². The van der Waals surface area contributed by atoms with E-state index >= 15 is 0 Å². The minimum Gasteiger partial charge on any atom is -0.353 e. The Hall–Kier alpha value is -0.570. The first-order chi connectivity index (χ1) is 9.76. The van der Waals surface area contributed by atoms with E-state index < -0.39 is 0 Å². The summed E-state index contributed by atoms with van der Waals surface area (Å²) in [6.07, 6.45) is 11.7. The van der Waals surface area contributed by atoms with E-state index in [2.05, 4.69) is 24.5 Å². The summed E-state index contributed by atoms with van der Waals surface area (Å²) in [5, 5.41) is 6.58. The molecule has 0 bridgehead atoms. The number of unbranched alkanes of at least 4 members (excludes halogenated alkanes) is 3. The molecule has 1 aliphatic heterocycles. The second kappa shape index (κ2) is 11.1. The summed E-state index contributed by atoms with van der Waals surface area (Å²) in [6, 6.07) is 0.409. The van der Waals surface area contributed by atoms with E-state index in [0.717, 1.165) is 32.4 Å². The monoisotopic (exact) mass is 282 g/mol. The lowest BCUT2D eigenvalue weighted by molar-refractivity contribution is -0.123. The van der Waals surface area contributed by atoms with Gasteiger partial charge in [-0.05, 0) is 44.7 Å². The highest BCUT2D eigenvalue weighted by Gasteiger charge is 2.18. The summed E-state index contributed by atoms with van der Waals surface area (Å²) in [5.41, 5.74) is 0. The Morgan fingerprint density at radius 3 is 2.40 bits per heavy atom. The molecule has 1 unspecified atom stereocenters. The van der Waals surface area contributed by atoms with E-state index in [1.807, 2.05) is 0 Å². The highest BCUT2D eigenvalue weighted by Crippen LogP contribution is 2.20. The highest BCUT2D eigenvalue weighted by molar-refractivity contribution is 5.76. The fourth-order valence-corrected chi connectivity index (χ4v) is 3.04. The number of rotatable bonds is 10. The Kier molecular flexibility index (Phi) is 9.73. The topological polar surface area (TPSA) is 41.1 Å². The van der Waals surface area contributed by atoms with Crippen LogP contribution >= 0.6 is 0 Å². The van der Waals surface area contributed by atoms with Gasteiger partial charge in [0.05, 0.1) is 0 Å². The van der Waals surface area contributed by atoms with Crippen LogP contribution < -0.4 is 10.6 Å². The molecule has 0 aromatic carbocycles. The van der Waals surface area contributed by atoms with Gasteiger partial charge in [-0.1, -0.05) is 46.0 Å². The maximum Gasteiger partial charge on any atom is 0.220 e. The molecule has 3 heteroatoms. The van der Waals surface area contributed by atoms with Gasteiger partial charge in [-0.2, -0.15) is 0 Å². The number of piperidine rings is 1. The summed E-state index contributed by atoms with van der Waals surface area (Å²) < 4.78 is 0. The molecule has 20 heavy (non-hydrogen) atoms. The van der Waals surface area contributed by atoms with Gasteiger partial charge in [-0.3, -0.25) is 4.79 Å².